The Balaban J connectivity index is 1.72. The van der Waals surface area contributed by atoms with Crippen molar-refractivity contribution in [2.45, 2.75) is 33.4 Å². The first-order chi connectivity index (χ1) is 10.1. The van der Waals surface area contributed by atoms with Crippen molar-refractivity contribution < 1.29 is 9.13 Å². The van der Waals surface area contributed by atoms with Crippen molar-refractivity contribution in [3.8, 4) is 5.75 Å². The van der Waals surface area contributed by atoms with Crippen molar-refractivity contribution in [1.82, 2.24) is 15.1 Å². The summed E-state index contributed by atoms with van der Waals surface area (Å²) in [5.41, 5.74) is 3.15. The number of ether oxygens (including phenoxy) is 1. The Morgan fingerprint density at radius 1 is 1.29 bits per heavy atom. The number of aromatic nitrogens is 2. The number of nitrogens with one attached hydrogen (secondary N) is 1. The van der Waals surface area contributed by atoms with Gasteiger partial charge in [-0.2, -0.15) is 5.10 Å². The van der Waals surface area contributed by atoms with Gasteiger partial charge in [-0.3, -0.25) is 4.68 Å². The Morgan fingerprint density at radius 2 is 2.10 bits per heavy atom. The summed E-state index contributed by atoms with van der Waals surface area (Å²) in [5.74, 6) is -0.0391. The maximum absolute atomic E-state index is 13.5. The van der Waals surface area contributed by atoms with Gasteiger partial charge >= 0.3 is 0 Å². The Bertz CT molecular complexity index is 595. The monoisotopic (exact) mass is 291 g/mol. The van der Waals surface area contributed by atoms with Crippen LogP contribution < -0.4 is 10.1 Å². The third-order valence-corrected chi connectivity index (χ3v) is 3.37. The highest BCUT2D eigenvalue weighted by molar-refractivity contribution is 5.29. The van der Waals surface area contributed by atoms with Gasteiger partial charge < -0.3 is 10.1 Å². The van der Waals surface area contributed by atoms with E-state index in [0.29, 0.717) is 6.54 Å². The third kappa shape index (κ3) is 4.29. The van der Waals surface area contributed by atoms with Gasteiger partial charge in [0, 0.05) is 18.8 Å². The van der Waals surface area contributed by atoms with E-state index < -0.39 is 0 Å². The molecule has 0 fully saturated rings. The first kappa shape index (κ1) is 15.5. The zero-order valence-corrected chi connectivity index (χ0v) is 12.8. The minimum atomic E-state index is -0.320. The van der Waals surface area contributed by atoms with E-state index in [0.717, 1.165) is 30.8 Å². The van der Waals surface area contributed by atoms with Crippen molar-refractivity contribution >= 4 is 0 Å². The molecule has 21 heavy (non-hydrogen) atoms. The summed E-state index contributed by atoms with van der Waals surface area (Å²) in [6.07, 6.45) is 0.987. The average Bonchev–Trinajstić information content (AvgIpc) is 2.77. The van der Waals surface area contributed by atoms with E-state index in [2.05, 4.69) is 23.4 Å². The van der Waals surface area contributed by atoms with Crippen LogP contribution in [-0.4, -0.2) is 23.4 Å². The molecular formula is C16H22FN3O. The van der Waals surface area contributed by atoms with Crippen molar-refractivity contribution in [1.29, 1.82) is 0 Å². The molecule has 0 unspecified atom stereocenters. The zero-order chi connectivity index (χ0) is 15.2. The molecule has 2 aromatic rings. The number of hydrogen-bond acceptors (Lipinski definition) is 3. The van der Waals surface area contributed by atoms with E-state index in [1.165, 1.54) is 18.9 Å². The number of aryl methyl sites for hydroxylation is 3. The van der Waals surface area contributed by atoms with Gasteiger partial charge in [0.05, 0.1) is 12.8 Å². The summed E-state index contributed by atoms with van der Waals surface area (Å²) in [5, 5.41) is 7.74. The molecular weight excluding hydrogens is 269 g/mol. The van der Waals surface area contributed by atoms with Gasteiger partial charge in [0.2, 0.25) is 0 Å². The maximum atomic E-state index is 13.5. The van der Waals surface area contributed by atoms with E-state index in [4.69, 9.17) is 4.74 Å². The predicted molar refractivity (Wildman–Crippen MR) is 81.0 cm³/mol. The Kier molecular flexibility index (Phi) is 5.33. The lowest BCUT2D eigenvalue weighted by Crippen LogP contribution is -2.17. The second-order valence-corrected chi connectivity index (χ2v) is 5.15. The van der Waals surface area contributed by atoms with E-state index in [-0.39, 0.29) is 11.6 Å². The summed E-state index contributed by atoms with van der Waals surface area (Å²) in [7, 11) is 1.47. The number of nitrogens with zero attached hydrogens (tertiary/aromatic N) is 2. The zero-order valence-electron chi connectivity index (χ0n) is 12.8. The maximum Gasteiger partial charge on any atom is 0.165 e. The number of rotatable bonds is 7. The second kappa shape index (κ2) is 7.22. The van der Waals surface area contributed by atoms with E-state index >= 15 is 0 Å². The van der Waals surface area contributed by atoms with Gasteiger partial charge in [-0.25, -0.2) is 4.39 Å². The van der Waals surface area contributed by atoms with Crippen molar-refractivity contribution in [3.63, 3.8) is 0 Å². The lowest BCUT2D eigenvalue weighted by atomic mass is 10.2. The van der Waals surface area contributed by atoms with Crippen LogP contribution in [0.3, 0.4) is 0 Å². The molecule has 0 bridgehead atoms. The number of methoxy groups -OCH3 is 1. The van der Waals surface area contributed by atoms with Crippen molar-refractivity contribution in [2.75, 3.05) is 13.7 Å². The number of hydrogen-bond donors (Lipinski definition) is 1. The molecule has 4 nitrogen and oxygen atoms in total. The molecule has 0 spiro atoms. The first-order valence-electron chi connectivity index (χ1n) is 7.14. The quantitative estimate of drug-likeness (QED) is 0.797. The van der Waals surface area contributed by atoms with E-state index in [1.807, 2.05) is 17.7 Å². The molecule has 0 radical (unpaired) electrons. The highest BCUT2D eigenvalue weighted by Crippen LogP contribution is 2.17. The smallest absolute Gasteiger partial charge is 0.165 e. The van der Waals surface area contributed by atoms with Crippen molar-refractivity contribution in [2.24, 2.45) is 0 Å². The van der Waals surface area contributed by atoms with Gasteiger partial charge in [0.25, 0.3) is 0 Å². The fraction of sp³-hybridized carbons (Fsp3) is 0.438. The van der Waals surface area contributed by atoms with Gasteiger partial charge in [-0.05, 0) is 50.6 Å². The fourth-order valence-electron chi connectivity index (χ4n) is 2.31. The van der Waals surface area contributed by atoms with Crippen LogP contribution in [0.2, 0.25) is 0 Å². The van der Waals surface area contributed by atoms with Crippen molar-refractivity contribution in [3.05, 3.63) is 47.0 Å². The lowest BCUT2D eigenvalue weighted by Gasteiger charge is -2.08. The molecule has 0 amide bonds. The molecule has 114 valence electrons. The molecule has 5 heteroatoms. The molecule has 2 rings (SSSR count). The normalized spacial score (nSPS) is 10.9. The highest BCUT2D eigenvalue weighted by atomic mass is 19.1. The van der Waals surface area contributed by atoms with Crippen LogP contribution in [0.1, 0.15) is 23.4 Å². The van der Waals surface area contributed by atoms with Gasteiger partial charge in [0.15, 0.2) is 11.6 Å². The van der Waals surface area contributed by atoms with Crippen LogP contribution in [0.15, 0.2) is 24.3 Å². The standard InChI is InChI=1S/C16H22FN3O/c1-12-9-13(2)20(19-12)8-4-7-18-11-14-5-6-16(21-3)15(17)10-14/h5-6,9-10,18H,4,7-8,11H2,1-3H3. The summed E-state index contributed by atoms with van der Waals surface area (Å²) >= 11 is 0. The average molecular weight is 291 g/mol. The molecule has 0 atom stereocenters. The molecule has 0 aliphatic rings. The van der Waals surface area contributed by atoms with Crippen LogP contribution >= 0.6 is 0 Å². The second-order valence-electron chi connectivity index (χ2n) is 5.15. The predicted octanol–water partition coefficient (Wildman–Crippen LogP) is 2.83. The summed E-state index contributed by atoms with van der Waals surface area (Å²) in [4.78, 5) is 0. The van der Waals surface area contributed by atoms with Gasteiger partial charge in [-0.1, -0.05) is 6.07 Å². The molecule has 1 N–H and O–H groups in total. The molecule has 0 saturated carbocycles. The minimum absolute atomic E-state index is 0.281. The SMILES string of the molecule is COc1ccc(CNCCCn2nc(C)cc2C)cc1F. The molecule has 1 aromatic heterocycles. The minimum Gasteiger partial charge on any atom is -0.494 e. The summed E-state index contributed by atoms with van der Waals surface area (Å²) in [6, 6.07) is 7.11. The van der Waals surface area contributed by atoms with Crippen LogP contribution in [0.25, 0.3) is 0 Å². The number of halogens is 1. The Hall–Kier alpha value is -1.88. The van der Waals surface area contributed by atoms with Crippen LogP contribution in [0, 0.1) is 19.7 Å². The summed E-state index contributed by atoms with van der Waals surface area (Å²) in [6.45, 7) is 6.47. The molecule has 0 aliphatic heterocycles. The van der Waals surface area contributed by atoms with Gasteiger partial charge in [-0.15, -0.1) is 0 Å². The lowest BCUT2D eigenvalue weighted by molar-refractivity contribution is 0.386. The Morgan fingerprint density at radius 3 is 2.71 bits per heavy atom. The van der Waals surface area contributed by atoms with Crippen LogP contribution in [0.5, 0.6) is 5.75 Å². The molecule has 0 saturated heterocycles. The molecule has 1 aromatic carbocycles. The third-order valence-electron chi connectivity index (χ3n) is 3.37. The van der Waals surface area contributed by atoms with E-state index in [1.54, 1.807) is 6.07 Å². The summed E-state index contributed by atoms with van der Waals surface area (Å²) < 4.78 is 20.4. The molecule has 1 heterocycles. The fourth-order valence-corrected chi connectivity index (χ4v) is 2.31. The highest BCUT2D eigenvalue weighted by Gasteiger charge is 2.03. The number of benzene rings is 1. The molecule has 0 aliphatic carbocycles. The van der Waals surface area contributed by atoms with Crippen LogP contribution in [-0.2, 0) is 13.1 Å². The first-order valence-corrected chi connectivity index (χ1v) is 7.14. The largest absolute Gasteiger partial charge is 0.494 e. The Labute approximate surface area is 124 Å². The topological polar surface area (TPSA) is 39.1 Å². The van der Waals surface area contributed by atoms with E-state index in [9.17, 15) is 4.39 Å². The van der Waals surface area contributed by atoms with Crippen LogP contribution in [0.4, 0.5) is 4.39 Å². The van der Waals surface area contributed by atoms with Gasteiger partial charge in [0.1, 0.15) is 0 Å².